The monoisotopic (exact) mass is 178 g/mol. The normalized spacial score (nSPS) is 10.0. The van der Waals surface area contributed by atoms with Crippen LogP contribution < -0.4 is 0 Å². The van der Waals surface area contributed by atoms with Gasteiger partial charge in [-0.2, -0.15) is 4.85 Å². The lowest BCUT2D eigenvalue weighted by Crippen LogP contribution is -1.70. The van der Waals surface area contributed by atoms with Crippen LogP contribution in [0.2, 0.25) is 5.02 Å². The van der Waals surface area contributed by atoms with Gasteiger partial charge in [0, 0.05) is 12.3 Å². The molecule has 2 aromatic rings. The topological polar surface area (TPSA) is 30.4 Å². The van der Waals surface area contributed by atoms with Crippen LogP contribution in [0.1, 0.15) is 0 Å². The highest BCUT2D eigenvalue weighted by Crippen LogP contribution is 2.28. The lowest BCUT2D eigenvalue weighted by molar-refractivity contribution is 0.642. The van der Waals surface area contributed by atoms with Crippen molar-refractivity contribution in [3.05, 3.63) is 34.8 Å². The Morgan fingerprint density at radius 3 is 3.08 bits per heavy atom. The van der Waals surface area contributed by atoms with E-state index < -0.39 is 0 Å². The third kappa shape index (κ3) is 0.936. The molecule has 0 saturated carbocycles. The van der Waals surface area contributed by atoms with E-state index in [4.69, 9.17) is 22.6 Å². The van der Waals surface area contributed by atoms with Crippen molar-refractivity contribution in [1.82, 2.24) is 4.98 Å². The fraction of sp³-hybridized carbons (Fsp3) is 0. The zero-order chi connectivity index (χ0) is 8.55. The summed E-state index contributed by atoms with van der Waals surface area (Å²) in [5.74, 6) is 0.214. The van der Waals surface area contributed by atoms with Crippen molar-refractivity contribution in [2.24, 2.45) is 0 Å². The smallest absolute Gasteiger partial charge is 0.348 e. The van der Waals surface area contributed by atoms with E-state index in [1.165, 1.54) is 0 Å². The van der Waals surface area contributed by atoms with Crippen LogP contribution in [0, 0.1) is 6.57 Å². The van der Waals surface area contributed by atoms with Gasteiger partial charge in [0.2, 0.25) is 0 Å². The molecule has 0 unspecified atom stereocenters. The van der Waals surface area contributed by atoms with E-state index in [1.807, 2.05) is 0 Å². The molecule has 0 aliphatic heterocycles. The van der Waals surface area contributed by atoms with Gasteiger partial charge in [-0.15, -0.1) is 0 Å². The SMILES string of the molecule is [C-]#[N+]c1cc2nccc(Cl)c2o1. The largest absolute Gasteiger partial charge is 0.477 e. The van der Waals surface area contributed by atoms with E-state index in [0.717, 1.165) is 0 Å². The van der Waals surface area contributed by atoms with Crippen LogP contribution in [0.5, 0.6) is 0 Å². The maximum atomic E-state index is 6.71. The van der Waals surface area contributed by atoms with Crippen LogP contribution in [0.3, 0.4) is 0 Å². The van der Waals surface area contributed by atoms with Gasteiger partial charge in [-0.1, -0.05) is 11.6 Å². The number of nitrogens with zero attached hydrogens (tertiary/aromatic N) is 2. The van der Waals surface area contributed by atoms with E-state index in [-0.39, 0.29) is 5.88 Å². The van der Waals surface area contributed by atoms with Gasteiger partial charge in [-0.3, -0.25) is 4.98 Å². The number of pyridine rings is 1. The van der Waals surface area contributed by atoms with E-state index in [0.29, 0.717) is 16.1 Å². The fourth-order valence-electron chi connectivity index (χ4n) is 0.950. The van der Waals surface area contributed by atoms with Crippen molar-refractivity contribution in [2.45, 2.75) is 0 Å². The first-order valence-electron chi connectivity index (χ1n) is 3.23. The lowest BCUT2D eigenvalue weighted by atomic mass is 10.4. The van der Waals surface area contributed by atoms with Crippen molar-refractivity contribution in [2.75, 3.05) is 0 Å². The Morgan fingerprint density at radius 2 is 2.42 bits per heavy atom. The molecule has 0 aliphatic carbocycles. The van der Waals surface area contributed by atoms with Crippen LogP contribution in [0.4, 0.5) is 5.88 Å². The first kappa shape index (κ1) is 7.14. The molecule has 0 aliphatic rings. The van der Waals surface area contributed by atoms with Gasteiger partial charge in [0.25, 0.3) is 0 Å². The highest BCUT2D eigenvalue weighted by atomic mass is 35.5. The second-order valence-corrected chi connectivity index (χ2v) is 2.61. The Labute approximate surface area is 73.4 Å². The zero-order valence-corrected chi connectivity index (χ0v) is 6.67. The Balaban J connectivity index is 2.85. The minimum Gasteiger partial charge on any atom is -0.477 e. The summed E-state index contributed by atoms with van der Waals surface area (Å²) in [6, 6.07) is 3.19. The average molecular weight is 179 g/mol. The fourth-order valence-corrected chi connectivity index (χ4v) is 1.14. The maximum Gasteiger partial charge on any atom is 0.348 e. The maximum absolute atomic E-state index is 6.71. The van der Waals surface area contributed by atoms with Gasteiger partial charge in [0.15, 0.2) is 5.58 Å². The van der Waals surface area contributed by atoms with Gasteiger partial charge in [0.1, 0.15) is 0 Å². The van der Waals surface area contributed by atoms with Gasteiger partial charge in [0.05, 0.1) is 17.1 Å². The summed E-state index contributed by atoms with van der Waals surface area (Å²) in [5, 5.41) is 0.481. The molecule has 0 saturated heterocycles. The molecular weight excluding hydrogens is 176 g/mol. The number of furan rings is 1. The van der Waals surface area contributed by atoms with Crippen molar-refractivity contribution in [3.8, 4) is 0 Å². The first-order valence-corrected chi connectivity index (χ1v) is 3.60. The van der Waals surface area contributed by atoms with Gasteiger partial charge >= 0.3 is 5.88 Å². The molecule has 2 rings (SSSR count). The van der Waals surface area contributed by atoms with Gasteiger partial charge < -0.3 is 4.42 Å². The molecule has 2 heterocycles. The number of aromatic nitrogens is 1. The van der Waals surface area contributed by atoms with E-state index in [1.54, 1.807) is 18.3 Å². The Hall–Kier alpha value is -1.53. The molecule has 4 heteroatoms. The van der Waals surface area contributed by atoms with Gasteiger partial charge in [-0.05, 0) is 6.07 Å². The van der Waals surface area contributed by atoms with Crippen LogP contribution in [-0.4, -0.2) is 4.98 Å². The average Bonchev–Trinajstić information content (AvgIpc) is 2.49. The van der Waals surface area contributed by atoms with E-state index >= 15 is 0 Å². The van der Waals surface area contributed by atoms with Crippen LogP contribution in [0.15, 0.2) is 22.7 Å². The Morgan fingerprint density at radius 1 is 1.58 bits per heavy atom. The molecule has 0 fully saturated rings. The van der Waals surface area contributed by atoms with Crippen LogP contribution in [-0.2, 0) is 0 Å². The molecule has 0 spiro atoms. The third-order valence-corrected chi connectivity index (χ3v) is 1.76. The molecule has 0 amide bonds. The third-order valence-electron chi connectivity index (χ3n) is 1.46. The molecule has 3 nitrogen and oxygen atoms in total. The standard InChI is InChI=1S/C8H3ClN2O/c1-10-7-4-6-8(12-7)5(9)2-3-11-6/h2-4H. The molecule has 58 valence electrons. The van der Waals surface area contributed by atoms with Crippen molar-refractivity contribution in [3.63, 3.8) is 0 Å². The Kier molecular flexibility index (Phi) is 1.49. The van der Waals surface area contributed by atoms with E-state index in [2.05, 4.69) is 9.83 Å². The number of fused-ring (bicyclic) bond motifs is 1. The summed E-state index contributed by atoms with van der Waals surface area (Å²) in [4.78, 5) is 7.12. The number of rotatable bonds is 0. The summed E-state index contributed by atoms with van der Waals surface area (Å²) in [6.45, 7) is 6.71. The molecule has 2 aromatic heterocycles. The van der Waals surface area contributed by atoms with E-state index in [9.17, 15) is 0 Å². The number of halogens is 1. The molecule has 12 heavy (non-hydrogen) atoms. The predicted molar refractivity (Wildman–Crippen MR) is 45.3 cm³/mol. The second kappa shape index (κ2) is 2.50. The molecule has 0 N–H and O–H groups in total. The van der Waals surface area contributed by atoms with Crippen LogP contribution in [0.25, 0.3) is 15.9 Å². The highest BCUT2D eigenvalue weighted by molar-refractivity contribution is 6.34. The number of hydrogen-bond donors (Lipinski definition) is 0. The Bertz CT molecular complexity index is 469. The van der Waals surface area contributed by atoms with Crippen LogP contribution >= 0.6 is 11.6 Å². The first-order chi connectivity index (χ1) is 5.81. The molecule has 0 radical (unpaired) electrons. The highest BCUT2D eigenvalue weighted by Gasteiger charge is 2.06. The predicted octanol–water partition coefficient (Wildman–Crippen LogP) is 3.03. The summed E-state index contributed by atoms with van der Waals surface area (Å²) in [7, 11) is 0. The summed E-state index contributed by atoms with van der Waals surface area (Å²) in [6.07, 6.45) is 1.58. The molecule has 0 atom stereocenters. The second-order valence-electron chi connectivity index (χ2n) is 2.20. The molecule has 0 aromatic carbocycles. The summed E-state index contributed by atoms with van der Waals surface area (Å²) >= 11 is 5.79. The summed E-state index contributed by atoms with van der Waals surface area (Å²) < 4.78 is 5.10. The quantitative estimate of drug-likeness (QED) is 0.581. The van der Waals surface area contributed by atoms with Crippen molar-refractivity contribution >= 4 is 28.6 Å². The van der Waals surface area contributed by atoms with Crippen molar-refractivity contribution < 1.29 is 4.42 Å². The molecular formula is C8H3ClN2O. The zero-order valence-electron chi connectivity index (χ0n) is 5.91. The number of hydrogen-bond acceptors (Lipinski definition) is 2. The minimum atomic E-state index is 0.214. The minimum absolute atomic E-state index is 0.214. The molecule has 0 bridgehead atoms. The van der Waals surface area contributed by atoms with Gasteiger partial charge in [-0.25, -0.2) is 0 Å². The van der Waals surface area contributed by atoms with Crippen molar-refractivity contribution in [1.29, 1.82) is 0 Å². The summed E-state index contributed by atoms with van der Waals surface area (Å²) in [5.41, 5.74) is 1.10. The lowest BCUT2D eigenvalue weighted by Gasteiger charge is -1.88.